The fourth-order valence-electron chi connectivity index (χ4n) is 2.36. The molecule has 2 nitrogen and oxygen atoms in total. The SMILES string of the molecule is Cc1cc2c(cc1F)nc(CCl)n2CCc1ccc(Cl)s1. The number of imidazole rings is 1. The van der Waals surface area contributed by atoms with Gasteiger partial charge in [0.1, 0.15) is 11.6 Å². The second-order valence-electron chi connectivity index (χ2n) is 4.86. The molecule has 0 saturated heterocycles. The second kappa shape index (κ2) is 5.95. The molecular formula is C15H13Cl2FN2S. The van der Waals surface area contributed by atoms with Crippen molar-refractivity contribution in [1.82, 2.24) is 9.55 Å². The standard InChI is InChI=1S/C15H13Cl2FN2S/c1-9-6-13-12(7-11(9)18)19-15(8-16)20(13)5-4-10-2-3-14(17)21-10/h2-3,6-7H,4-5,8H2,1H3. The molecule has 110 valence electrons. The fourth-order valence-corrected chi connectivity index (χ4v) is 3.64. The van der Waals surface area contributed by atoms with Gasteiger partial charge in [-0.05, 0) is 37.1 Å². The summed E-state index contributed by atoms with van der Waals surface area (Å²) >= 11 is 13.5. The quantitative estimate of drug-likeness (QED) is 0.597. The number of nitrogens with zero attached hydrogens (tertiary/aromatic N) is 2. The van der Waals surface area contributed by atoms with E-state index in [9.17, 15) is 4.39 Å². The smallest absolute Gasteiger partial charge is 0.128 e. The van der Waals surface area contributed by atoms with E-state index in [1.165, 1.54) is 10.9 Å². The molecule has 0 aliphatic heterocycles. The van der Waals surface area contributed by atoms with Crippen LogP contribution in [-0.4, -0.2) is 9.55 Å². The van der Waals surface area contributed by atoms with Crippen molar-refractivity contribution in [1.29, 1.82) is 0 Å². The summed E-state index contributed by atoms with van der Waals surface area (Å²) in [5, 5.41) is 0. The summed E-state index contributed by atoms with van der Waals surface area (Å²) in [5.74, 6) is 0.832. The molecule has 0 bridgehead atoms. The number of benzene rings is 1. The van der Waals surface area contributed by atoms with Gasteiger partial charge in [-0.1, -0.05) is 11.6 Å². The highest BCUT2D eigenvalue weighted by atomic mass is 35.5. The van der Waals surface area contributed by atoms with Gasteiger partial charge in [0, 0.05) is 17.5 Å². The van der Waals surface area contributed by atoms with Gasteiger partial charge < -0.3 is 4.57 Å². The van der Waals surface area contributed by atoms with Crippen molar-refractivity contribution in [2.45, 2.75) is 25.8 Å². The van der Waals surface area contributed by atoms with Gasteiger partial charge in [-0.25, -0.2) is 9.37 Å². The van der Waals surface area contributed by atoms with Crippen molar-refractivity contribution in [3.63, 3.8) is 0 Å². The van der Waals surface area contributed by atoms with Gasteiger partial charge in [-0.2, -0.15) is 0 Å². The molecule has 0 fully saturated rings. The first kappa shape index (κ1) is 14.8. The van der Waals surface area contributed by atoms with Gasteiger partial charge in [0.05, 0.1) is 21.2 Å². The van der Waals surface area contributed by atoms with E-state index in [4.69, 9.17) is 23.2 Å². The number of alkyl halides is 1. The number of hydrogen-bond acceptors (Lipinski definition) is 2. The summed E-state index contributed by atoms with van der Waals surface area (Å²) in [4.78, 5) is 5.63. The molecule has 0 atom stereocenters. The van der Waals surface area contributed by atoms with E-state index in [0.717, 1.165) is 28.6 Å². The summed E-state index contributed by atoms with van der Waals surface area (Å²) in [6.45, 7) is 2.51. The predicted molar refractivity (Wildman–Crippen MR) is 87.0 cm³/mol. The van der Waals surface area contributed by atoms with Crippen LogP contribution >= 0.6 is 34.5 Å². The molecule has 0 N–H and O–H groups in total. The summed E-state index contributed by atoms with van der Waals surface area (Å²) in [6.07, 6.45) is 0.850. The lowest BCUT2D eigenvalue weighted by Gasteiger charge is -2.07. The van der Waals surface area contributed by atoms with E-state index >= 15 is 0 Å². The Balaban J connectivity index is 1.97. The first-order valence-electron chi connectivity index (χ1n) is 6.54. The van der Waals surface area contributed by atoms with Crippen molar-refractivity contribution in [3.05, 3.63) is 50.7 Å². The number of fused-ring (bicyclic) bond motifs is 1. The molecule has 0 amide bonds. The molecule has 6 heteroatoms. The summed E-state index contributed by atoms with van der Waals surface area (Å²) in [6, 6.07) is 7.22. The minimum atomic E-state index is -0.238. The van der Waals surface area contributed by atoms with E-state index in [1.807, 2.05) is 18.2 Å². The van der Waals surface area contributed by atoms with Crippen molar-refractivity contribution in [2.24, 2.45) is 0 Å². The Kier molecular flexibility index (Phi) is 4.20. The van der Waals surface area contributed by atoms with Crippen LogP contribution in [0.25, 0.3) is 11.0 Å². The second-order valence-corrected chi connectivity index (χ2v) is 6.93. The third-order valence-corrected chi connectivity index (χ3v) is 4.97. The topological polar surface area (TPSA) is 17.8 Å². The molecule has 0 aliphatic rings. The maximum Gasteiger partial charge on any atom is 0.128 e. The lowest BCUT2D eigenvalue weighted by molar-refractivity contribution is 0.620. The molecule has 3 aromatic rings. The van der Waals surface area contributed by atoms with Crippen LogP contribution in [0.5, 0.6) is 0 Å². The number of thiophene rings is 1. The van der Waals surface area contributed by atoms with E-state index < -0.39 is 0 Å². The van der Waals surface area contributed by atoms with Crippen LogP contribution < -0.4 is 0 Å². The van der Waals surface area contributed by atoms with Crippen molar-refractivity contribution in [2.75, 3.05) is 0 Å². The molecular weight excluding hydrogens is 330 g/mol. The van der Waals surface area contributed by atoms with Crippen molar-refractivity contribution < 1.29 is 4.39 Å². The van der Waals surface area contributed by atoms with Gasteiger partial charge in [0.2, 0.25) is 0 Å². The summed E-state index contributed by atoms with van der Waals surface area (Å²) < 4.78 is 16.5. The van der Waals surface area contributed by atoms with Crippen LogP contribution in [-0.2, 0) is 18.8 Å². The third-order valence-electron chi connectivity index (χ3n) is 3.44. The maximum atomic E-state index is 13.7. The monoisotopic (exact) mass is 342 g/mol. The van der Waals surface area contributed by atoms with Gasteiger partial charge in [0.25, 0.3) is 0 Å². The zero-order valence-electron chi connectivity index (χ0n) is 11.4. The molecule has 0 unspecified atom stereocenters. The fraction of sp³-hybridized carbons (Fsp3) is 0.267. The normalized spacial score (nSPS) is 11.4. The Bertz CT molecular complexity index is 794. The lowest BCUT2D eigenvalue weighted by atomic mass is 10.2. The first-order valence-corrected chi connectivity index (χ1v) is 8.27. The van der Waals surface area contributed by atoms with Gasteiger partial charge >= 0.3 is 0 Å². The maximum absolute atomic E-state index is 13.7. The average Bonchev–Trinajstić information content (AvgIpc) is 3.01. The molecule has 0 spiro atoms. The van der Waals surface area contributed by atoms with Crippen LogP contribution in [0, 0.1) is 12.7 Å². The highest BCUT2D eigenvalue weighted by Gasteiger charge is 2.12. The van der Waals surface area contributed by atoms with Crippen LogP contribution in [0.1, 0.15) is 16.3 Å². The Morgan fingerprint density at radius 3 is 2.81 bits per heavy atom. The highest BCUT2D eigenvalue weighted by Crippen LogP contribution is 2.25. The van der Waals surface area contributed by atoms with Crippen LogP contribution in [0.3, 0.4) is 0 Å². The molecule has 2 heterocycles. The Morgan fingerprint density at radius 2 is 2.14 bits per heavy atom. The predicted octanol–water partition coefficient (Wildman–Crippen LogP) is 5.18. The summed E-state index contributed by atoms with van der Waals surface area (Å²) in [5.41, 5.74) is 2.19. The van der Waals surface area contributed by atoms with Crippen LogP contribution in [0.2, 0.25) is 4.34 Å². The Morgan fingerprint density at radius 1 is 1.33 bits per heavy atom. The molecule has 2 aromatic heterocycles. The van der Waals surface area contributed by atoms with Crippen molar-refractivity contribution in [3.8, 4) is 0 Å². The number of aromatic nitrogens is 2. The highest BCUT2D eigenvalue weighted by molar-refractivity contribution is 7.16. The van der Waals surface area contributed by atoms with E-state index in [1.54, 1.807) is 18.3 Å². The van der Waals surface area contributed by atoms with Gasteiger partial charge in [-0.15, -0.1) is 22.9 Å². The minimum Gasteiger partial charge on any atom is -0.327 e. The zero-order valence-corrected chi connectivity index (χ0v) is 13.7. The van der Waals surface area contributed by atoms with Crippen LogP contribution in [0.15, 0.2) is 24.3 Å². The number of aryl methyl sites for hydroxylation is 3. The number of halogens is 3. The lowest BCUT2D eigenvalue weighted by Crippen LogP contribution is -2.04. The average molecular weight is 343 g/mol. The Hall–Kier alpha value is -1.10. The minimum absolute atomic E-state index is 0.238. The largest absolute Gasteiger partial charge is 0.327 e. The van der Waals surface area contributed by atoms with Crippen molar-refractivity contribution >= 4 is 45.6 Å². The van der Waals surface area contributed by atoms with E-state index in [-0.39, 0.29) is 5.82 Å². The van der Waals surface area contributed by atoms with Gasteiger partial charge in [0.15, 0.2) is 0 Å². The molecule has 0 saturated carbocycles. The molecule has 0 aliphatic carbocycles. The third kappa shape index (κ3) is 2.93. The molecule has 21 heavy (non-hydrogen) atoms. The first-order chi connectivity index (χ1) is 10.1. The molecule has 0 radical (unpaired) electrons. The van der Waals surface area contributed by atoms with E-state index in [0.29, 0.717) is 17.0 Å². The number of rotatable bonds is 4. The summed E-state index contributed by atoms with van der Waals surface area (Å²) in [7, 11) is 0. The van der Waals surface area contributed by atoms with Gasteiger partial charge in [-0.3, -0.25) is 0 Å². The number of hydrogen-bond donors (Lipinski definition) is 0. The zero-order chi connectivity index (χ0) is 15.0. The Labute approximate surface area is 136 Å². The molecule has 1 aromatic carbocycles. The molecule has 3 rings (SSSR count). The van der Waals surface area contributed by atoms with E-state index in [2.05, 4.69) is 9.55 Å². The van der Waals surface area contributed by atoms with Crippen LogP contribution in [0.4, 0.5) is 4.39 Å².